The Morgan fingerprint density at radius 3 is 2.96 bits per heavy atom. The lowest BCUT2D eigenvalue weighted by Gasteiger charge is -2.14. The molecule has 5 nitrogen and oxygen atoms in total. The Morgan fingerprint density at radius 2 is 2.12 bits per heavy atom. The highest BCUT2D eigenvalue weighted by Gasteiger charge is 2.24. The molecule has 25 heavy (non-hydrogen) atoms. The fourth-order valence-corrected chi connectivity index (χ4v) is 3.89. The highest BCUT2D eigenvalue weighted by molar-refractivity contribution is 7.13. The zero-order valence-corrected chi connectivity index (χ0v) is 14.7. The van der Waals surface area contributed by atoms with E-state index >= 15 is 0 Å². The molecule has 1 fully saturated rings. The lowest BCUT2D eigenvalue weighted by Crippen LogP contribution is -2.22. The van der Waals surface area contributed by atoms with Gasteiger partial charge in [-0.05, 0) is 13.0 Å². The third kappa shape index (κ3) is 4.21. The molecule has 0 N–H and O–H groups in total. The minimum absolute atomic E-state index is 0.536. The van der Waals surface area contributed by atoms with Crippen molar-refractivity contribution >= 4 is 11.3 Å². The van der Waals surface area contributed by atoms with Gasteiger partial charge in [-0.3, -0.25) is 9.88 Å². The van der Waals surface area contributed by atoms with Crippen molar-refractivity contribution in [2.75, 3.05) is 19.7 Å². The van der Waals surface area contributed by atoms with E-state index in [-0.39, 0.29) is 0 Å². The molecule has 1 aliphatic rings. The molecule has 0 aliphatic carbocycles. The van der Waals surface area contributed by atoms with Crippen LogP contribution < -0.4 is 4.74 Å². The van der Waals surface area contributed by atoms with Gasteiger partial charge in [0, 0.05) is 42.3 Å². The van der Waals surface area contributed by atoms with Gasteiger partial charge in [-0.1, -0.05) is 30.3 Å². The largest absolute Gasteiger partial charge is 0.476 e. The predicted octanol–water partition coefficient (Wildman–Crippen LogP) is 3.50. The van der Waals surface area contributed by atoms with Crippen molar-refractivity contribution in [1.82, 2.24) is 19.9 Å². The summed E-state index contributed by atoms with van der Waals surface area (Å²) in [6.45, 7) is 3.73. The molecule has 1 atom stereocenters. The Balaban J connectivity index is 1.29. The summed E-state index contributed by atoms with van der Waals surface area (Å²) in [6.07, 6.45) is 6.12. The number of thiazole rings is 1. The van der Waals surface area contributed by atoms with E-state index in [1.54, 1.807) is 29.9 Å². The van der Waals surface area contributed by atoms with Crippen LogP contribution in [-0.4, -0.2) is 39.5 Å². The van der Waals surface area contributed by atoms with Crippen LogP contribution in [0.3, 0.4) is 0 Å². The van der Waals surface area contributed by atoms with Gasteiger partial charge in [0.2, 0.25) is 5.88 Å². The third-order valence-corrected chi connectivity index (χ3v) is 5.27. The Bertz CT molecular complexity index is 793. The van der Waals surface area contributed by atoms with Crippen molar-refractivity contribution in [2.45, 2.75) is 13.0 Å². The molecule has 1 aromatic carbocycles. The molecule has 3 aromatic rings. The molecule has 0 amide bonds. The van der Waals surface area contributed by atoms with Crippen LogP contribution in [0.15, 0.2) is 54.3 Å². The summed E-state index contributed by atoms with van der Waals surface area (Å²) in [4.78, 5) is 15.4. The molecule has 1 aliphatic heterocycles. The maximum Gasteiger partial charge on any atom is 0.232 e. The highest BCUT2D eigenvalue weighted by atomic mass is 32.1. The molecular formula is C19H20N4OS. The maximum absolute atomic E-state index is 5.74. The number of hydrogen-bond acceptors (Lipinski definition) is 6. The first kappa shape index (κ1) is 16.2. The van der Waals surface area contributed by atoms with Crippen LogP contribution in [0.25, 0.3) is 10.6 Å². The smallest absolute Gasteiger partial charge is 0.232 e. The normalized spacial score (nSPS) is 17.7. The maximum atomic E-state index is 5.74. The van der Waals surface area contributed by atoms with E-state index in [0.29, 0.717) is 18.4 Å². The van der Waals surface area contributed by atoms with E-state index in [1.165, 1.54) is 5.56 Å². The Labute approximate surface area is 151 Å². The number of rotatable bonds is 6. The Hall–Kier alpha value is -2.31. The average Bonchev–Trinajstić information content (AvgIpc) is 3.32. The summed E-state index contributed by atoms with van der Waals surface area (Å²) < 4.78 is 5.74. The van der Waals surface area contributed by atoms with Crippen molar-refractivity contribution in [3.63, 3.8) is 0 Å². The average molecular weight is 352 g/mol. The predicted molar refractivity (Wildman–Crippen MR) is 98.5 cm³/mol. The molecule has 4 rings (SSSR count). The van der Waals surface area contributed by atoms with Crippen LogP contribution in [0.5, 0.6) is 5.88 Å². The van der Waals surface area contributed by atoms with Gasteiger partial charge in [0.05, 0.1) is 18.5 Å². The first-order valence-corrected chi connectivity index (χ1v) is 9.36. The number of likely N-dealkylation sites (tertiary alicyclic amines) is 1. The SMILES string of the molecule is c1ccc(-c2nc(CN3CCC(COc4cnccn4)C3)cs2)cc1. The lowest BCUT2D eigenvalue weighted by molar-refractivity contribution is 0.230. The molecule has 1 saturated heterocycles. The third-order valence-electron chi connectivity index (χ3n) is 4.33. The van der Waals surface area contributed by atoms with Crippen molar-refractivity contribution in [3.05, 3.63) is 60.0 Å². The number of aromatic nitrogens is 3. The highest BCUT2D eigenvalue weighted by Crippen LogP contribution is 2.25. The molecule has 2 aromatic heterocycles. The Kier molecular flexibility index (Phi) is 4.99. The van der Waals surface area contributed by atoms with Crippen LogP contribution >= 0.6 is 11.3 Å². The van der Waals surface area contributed by atoms with Gasteiger partial charge in [-0.25, -0.2) is 9.97 Å². The van der Waals surface area contributed by atoms with Crippen molar-refractivity contribution < 1.29 is 4.74 Å². The van der Waals surface area contributed by atoms with Gasteiger partial charge in [-0.2, -0.15) is 0 Å². The monoisotopic (exact) mass is 352 g/mol. The minimum Gasteiger partial charge on any atom is -0.476 e. The van der Waals surface area contributed by atoms with Crippen LogP contribution in [0.4, 0.5) is 0 Å². The molecule has 3 heterocycles. The second-order valence-corrected chi connectivity index (χ2v) is 7.11. The van der Waals surface area contributed by atoms with Gasteiger partial charge < -0.3 is 4.74 Å². The second kappa shape index (κ2) is 7.72. The number of benzene rings is 1. The summed E-state index contributed by atoms with van der Waals surface area (Å²) in [7, 11) is 0. The summed E-state index contributed by atoms with van der Waals surface area (Å²) in [5.41, 5.74) is 2.34. The van der Waals surface area contributed by atoms with E-state index in [4.69, 9.17) is 9.72 Å². The van der Waals surface area contributed by atoms with E-state index in [2.05, 4.69) is 44.5 Å². The summed E-state index contributed by atoms with van der Waals surface area (Å²) in [5, 5.41) is 3.27. The van der Waals surface area contributed by atoms with Crippen LogP contribution in [0.2, 0.25) is 0 Å². The first-order chi connectivity index (χ1) is 12.4. The van der Waals surface area contributed by atoms with Crippen molar-refractivity contribution in [3.8, 4) is 16.5 Å². The quantitative estimate of drug-likeness (QED) is 0.680. The van der Waals surface area contributed by atoms with E-state index in [1.807, 2.05) is 6.07 Å². The zero-order chi connectivity index (χ0) is 16.9. The molecular weight excluding hydrogens is 332 g/mol. The molecule has 1 unspecified atom stereocenters. The summed E-state index contributed by atoms with van der Waals surface area (Å²) >= 11 is 1.72. The molecule has 0 spiro atoms. The van der Waals surface area contributed by atoms with Gasteiger partial charge >= 0.3 is 0 Å². The van der Waals surface area contributed by atoms with Gasteiger partial charge in [-0.15, -0.1) is 11.3 Å². The number of hydrogen-bond donors (Lipinski definition) is 0. The fraction of sp³-hybridized carbons (Fsp3) is 0.316. The lowest BCUT2D eigenvalue weighted by atomic mass is 10.1. The fourth-order valence-electron chi connectivity index (χ4n) is 3.08. The summed E-state index contributed by atoms with van der Waals surface area (Å²) in [5.74, 6) is 1.14. The Morgan fingerprint density at radius 1 is 1.20 bits per heavy atom. The first-order valence-electron chi connectivity index (χ1n) is 8.48. The molecule has 0 radical (unpaired) electrons. The van der Waals surface area contributed by atoms with Crippen LogP contribution in [0.1, 0.15) is 12.1 Å². The molecule has 6 heteroatoms. The minimum atomic E-state index is 0.536. The van der Waals surface area contributed by atoms with Crippen LogP contribution in [-0.2, 0) is 6.54 Å². The van der Waals surface area contributed by atoms with Crippen molar-refractivity contribution in [1.29, 1.82) is 0 Å². The van der Waals surface area contributed by atoms with Crippen LogP contribution in [0, 0.1) is 5.92 Å². The van der Waals surface area contributed by atoms with Gasteiger partial charge in [0.1, 0.15) is 5.01 Å². The zero-order valence-electron chi connectivity index (χ0n) is 13.9. The van der Waals surface area contributed by atoms with Gasteiger partial charge in [0.25, 0.3) is 0 Å². The molecule has 0 saturated carbocycles. The topological polar surface area (TPSA) is 51.1 Å². The number of ether oxygens (including phenoxy) is 1. The molecule has 128 valence electrons. The molecule has 0 bridgehead atoms. The van der Waals surface area contributed by atoms with Gasteiger partial charge in [0.15, 0.2) is 0 Å². The van der Waals surface area contributed by atoms with Crippen molar-refractivity contribution in [2.24, 2.45) is 5.92 Å². The number of nitrogens with zero attached hydrogens (tertiary/aromatic N) is 4. The second-order valence-electron chi connectivity index (χ2n) is 6.25. The standard InChI is InChI=1S/C19H20N4OS/c1-2-4-16(5-3-1)19-22-17(14-25-19)12-23-9-6-15(11-23)13-24-18-10-20-7-8-21-18/h1-5,7-8,10,14-15H,6,9,11-13H2. The summed E-state index contributed by atoms with van der Waals surface area (Å²) in [6, 6.07) is 10.4. The van der Waals surface area contributed by atoms with E-state index < -0.39 is 0 Å². The van der Waals surface area contributed by atoms with E-state index in [0.717, 1.165) is 36.8 Å². The van der Waals surface area contributed by atoms with E-state index in [9.17, 15) is 0 Å².